The van der Waals surface area contributed by atoms with Crippen molar-refractivity contribution in [3.05, 3.63) is 23.8 Å². The second kappa shape index (κ2) is 7.34. The highest BCUT2D eigenvalue weighted by atomic mass is 32.2. The first kappa shape index (κ1) is 15.7. The first-order valence-corrected chi connectivity index (χ1v) is 7.92. The molecule has 2 N–H and O–H groups in total. The molecule has 0 aromatic heterocycles. The maximum absolute atomic E-state index is 10.8. The molecule has 0 saturated carbocycles. The van der Waals surface area contributed by atoms with Crippen LogP contribution in [0.5, 0.6) is 0 Å². The lowest BCUT2D eigenvalue weighted by atomic mass is 10.1. The zero-order valence-electron chi connectivity index (χ0n) is 11.8. The zero-order chi connectivity index (χ0) is 15.2. The Bertz CT molecular complexity index is 556. The van der Waals surface area contributed by atoms with Crippen molar-refractivity contribution < 1.29 is 14.6 Å². The molecule has 0 radical (unpaired) electrons. The summed E-state index contributed by atoms with van der Waals surface area (Å²) in [7, 11) is 0. The number of benzene rings is 1. The van der Waals surface area contributed by atoms with Crippen molar-refractivity contribution in [2.24, 2.45) is 0 Å². The minimum atomic E-state index is -0.906. The van der Waals surface area contributed by atoms with E-state index in [-0.39, 0.29) is 6.10 Å². The zero-order valence-corrected chi connectivity index (χ0v) is 12.7. The summed E-state index contributed by atoms with van der Waals surface area (Å²) in [6.45, 7) is 2.56. The SMILES string of the molecule is CCSc1cccc(NCC2CCC(C(=O)O)O2)c1C#N. The molecule has 1 heterocycles. The minimum Gasteiger partial charge on any atom is -0.479 e. The maximum Gasteiger partial charge on any atom is 0.332 e. The van der Waals surface area contributed by atoms with Crippen molar-refractivity contribution in [1.82, 2.24) is 0 Å². The number of hydrogen-bond donors (Lipinski definition) is 2. The number of ether oxygens (including phenoxy) is 1. The number of carboxylic acid groups (broad SMARTS) is 1. The van der Waals surface area contributed by atoms with Gasteiger partial charge in [-0.1, -0.05) is 13.0 Å². The van der Waals surface area contributed by atoms with Crippen molar-refractivity contribution in [2.75, 3.05) is 17.6 Å². The summed E-state index contributed by atoms with van der Waals surface area (Å²) >= 11 is 1.63. The Morgan fingerprint density at radius 2 is 2.38 bits per heavy atom. The summed E-state index contributed by atoms with van der Waals surface area (Å²) in [5, 5.41) is 21.4. The molecular weight excluding hydrogens is 288 g/mol. The lowest BCUT2D eigenvalue weighted by Crippen LogP contribution is -2.24. The molecular formula is C15H18N2O3S. The number of carbonyl (C=O) groups is 1. The normalized spacial score (nSPS) is 21.0. The van der Waals surface area contributed by atoms with E-state index in [1.165, 1.54) is 0 Å². The fraction of sp³-hybridized carbons (Fsp3) is 0.467. The molecule has 1 aromatic rings. The van der Waals surface area contributed by atoms with Crippen LogP contribution in [0.1, 0.15) is 25.3 Å². The van der Waals surface area contributed by atoms with Gasteiger partial charge in [-0.15, -0.1) is 11.8 Å². The number of rotatable bonds is 6. The number of anilines is 1. The molecule has 1 fully saturated rings. The fourth-order valence-electron chi connectivity index (χ4n) is 2.33. The number of carboxylic acids is 1. The second-order valence-corrected chi connectivity index (χ2v) is 6.07. The highest BCUT2D eigenvalue weighted by molar-refractivity contribution is 7.99. The molecule has 0 aliphatic carbocycles. The van der Waals surface area contributed by atoms with Crippen LogP contribution < -0.4 is 5.32 Å². The molecule has 0 spiro atoms. The Morgan fingerprint density at radius 1 is 1.57 bits per heavy atom. The van der Waals surface area contributed by atoms with Crippen LogP contribution in [0.25, 0.3) is 0 Å². The van der Waals surface area contributed by atoms with Gasteiger partial charge in [0.2, 0.25) is 0 Å². The Kier molecular flexibility index (Phi) is 5.48. The van der Waals surface area contributed by atoms with Crippen LogP contribution in [-0.2, 0) is 9.53 Å². The molecule has 6 heteroatoms. The summed E-state index contributed by atoms with van der Waals surface area (Å²) in [6, 6.07) is 7.94. The predicted molar refractivity (Wildman–Crippen MR) is 81.6 cm³/mol. The van der Waals surface area contributed by atoms with E-state index < -0.39 is 12.1 Å². The van der Waals surface area contributed by atoms with E-state index in [2.05, 4.69) is 11.4 Å². The number of nitriles is 1. The van der Waals surface area contributed by atoms with Gasteiger partial charge in [-0.25, -0.2) is 4.79 Å². The lowest BCUT2D eigenvalue weighted by molar-refractivity contribution is -0.149. The van der Waals surface area contributed by atoms with Gasteiger partial charge in [-0.3, -0.25) is 0 Å². The number of thioether (sulfide) groups is 1. The summed E-state index contributed by atoms with van der Waals surface area (Å²) < 4.78 is 5.45. The van der Waals surface area contributed by atoms with E-state index in [1.54, 1.807) is 11.8 Å². The van der Waals surface area contributed by atoms with Crippen molar-refractivity contribution in [1.29, 1.82) is 5.26 Å². The van der Waals surface area contributed by atoms with Crippen LogP contribution in [0, 0.1) is 11.3 Å². The van der Waals surface area contributed by atoms with Crippen LogP contribution in [0.15, 0.2) is 23.1 Å². The van der Waals surface area contributed by atoms with Crippen molar-refractivity contribution in [2.45, 2.75) is 36.9 Å². The van der Waals surface area contributed by atoms with Gasteiger partial charge in [0.25, 0.3) is 0 Å². The molecule has 21 heavy (non-hydrogen) atoms. The van der Waals surface area contributed by atoms with E-state index in [0.717, 1.165) is 22.8 Å². The average molecular weight is 306 g/mol. The molecule has 112 valence electrons. The summed E-state index contributed by atoms with van der Waals surface area (Å²) in [6.07, 6.45) is 0.433. The van der Waals surface area contributed by atoms with Crippen LogP contribution >= 0.6 is 11.8 Å². The van der Waals surface area contributed by atoms with E-state index in [9.17, 15) is 10.1 Å². The maximum atomic E-state index is 10.8. The van der Waals surface area contributed by atoms with Gasteiger partial charge in [0.1, 0.15) is 6.07 Å². The van der Waals surface area contributed by atoms with E-state index >= 15 is 0 Å². The number of aliphatic carboxylic acids is 1. The van der Waals surface area contributed by atoms with Gasteiger partial charge in [0.05, 0.1) is 17.4 Å². The van der Waals surface area contributed by atoms with Crippen LogP contribution in [0.2, 0.25) is 0 Å². The Morgan fingerprint density at radius 3 is 3.00 bits per heavy atom. The first-order valence-electron chi connectivity index (χ1n) is 6.93. The molecule has 2 atom stereocenters. The van der Waals surface area contributed by atoms with Crippen LogP contribution in [0.4, 0.5) is 5.69 Å². The van der Waals surface area contributed by atoms with Crippen LogP contribution in [0.3, 0.4) is 0 Å². The third-order valence-electron chi connectivity index (χ3n) is 3.34. The molecule has 0 bridgehead atoms. The molecule has 2 rings (SSSR count). The van der Waals surface area contributed by atoms with Gasteiger partial charge in [0, 0.05) is 11.4 Å². The quantitative estimate of drug-likeness (QED) is 0.786. The molecule has 0 amide bonds. The molecule has 1 saturated heterocycles. The van der Waals surface area contributed by atoms with E-state index in [0.29, 0.717) is 18.5 Å². The number of hydrogen-bond acceptors (Lipinski definition) is 5. The molecule has 5 nitrogen and oxygen atoms in total. The summed E-state index contributed by atoms with van der Waals surface area (Å²) in [4.78, 5) is 11.8. The van der Waals surface area contributed by atoms with Gasteiger partial charge >= 0.3 is 5.97 Å². The molecule has 2 unspecified atom stereocenters. The summed E-state index contributed by atoms with van der Waals surface area (Å²) in [5.41, 5.74) is 1.41. The van der Waals surface area contributed by atoms with Gasteiger partial charge in [-0.05, 0) is 30.7 Å². The fourth-order valence-corrected chi connectivity index (χ4v) is 3.12. The van der Waals surface area contributed by atoms with Gasteiger partial charge in [-0.2, -0.15) is 5.26 Å². The van der Waals surface area contributed by atoms with Crippen molar-refractivity contribution >= 4 is 23.4 Å². The highest BCUT2D eigenvalue weighted by Crippen LogP contribution is 2.28. The average Bonchev–Trinajstić information content (AvgIpc) is 2.94. The molecule has 1 aromatic carbocycles. The third kappa shape index (κ3) is 3.90. The minimum absolute atomic E-state index is 0.125. The Labute approximate surface area is 128 Å². The Balaban J connectivity index is 1.99. The first-order chi connectivity index (χ1) is 10.2. The van der Waals surface area contributed by atoms with E-state index in [4.69, 9.17) is 9.84 Å². The molecule has 1 aliphatic rings. The smallest absolute Gasteiger partial charge is 0.332 e. The summed E-state index contributed by atoms with van der Waals surface area (Å²) in [5.74, 6) is 0.000940. The number of nitrogens with zero attached hydrogens (tertiary/aromatic N) is 1. The van der Waals surface area contributed by atoms with Crippen LogP contribution in [-0.4, -0.2) is 35.6 Å². The highest BCUT2D eigenvalue weighted by Gasteiger charge is 2.30. The predicted octanol–water partition coefficient (Wildman–Crippen LogP) is 2.71. The topological polar surface area (TPSA) is 82.3 Å². The van der Waals surface area contributed by atoms with Crippen molar-refractivity contribution in [3.8, 4) is 6.07 Å². The largest absolute Gasteiger partial charge is 0.479 e. The number of nitrogens with one attached hydrogen (secondary N) is 1. The second-order valence-electron chi connectivity index (χ2n) is 4.77. The van der Waals surface area contributed by atoms with E-state index in [1.807, 2.05) is 25.1 Å². The third-order valence-corrected chi connectivity index (χ3v) is 4.28. The van der Waals surface area contributed by atoms with Gasteiger partial charge < -0.3 is 15.2 Å². The molecule has 1 aliphatic heterocycles. The van der Waals surface area contributed by atoms with Crippen molar-refractivity contribution in [3.63, 3.8) is 0 Å². The standard InChI is InChI=1S/C15H18N2O3S/c1-2-21-14-5-3-4-12(11(14)8-16)17-9-10-6-7-13(20-10)15(18)19/h3-5,10,13,17H,2,6-7,9H2,1H3,(H,18,19). The van der Waals surface area contributed by atoms with Gasteiger partial charge in [0.15, 0.2) is 6.10 Å². The lowest BCUT2D eigenvalue weighted by Gasteiger charge is -2.15. The Hall–Kier alpha value is -1.71. The monoisotopic (exact) mass is 306 g/mol.